The van der Waals surface area contributed by atoms with Crippen LogP contribution in [-0.2, 0) is 6.42 Å². The third kappa shape index (κ3) is 2.13. The van der Waals surface area contributed by atoms with Crippen LogP contribution in [0.2, 0.25) is 5.15 Å². The Hall–Kier alpha value is -1.26. The van der Waals surface area contributed by atoms with E-state index in [1.165, 1.54) is 6.07 Å². The molecule has 0 radical (unpaired) electrons. The fourth-order valence-corrected chi connectivity index (χ4v) is 1.72. The number of likely N-dealkylation sites (N-methyl/N-ethyl adjacent to an activating group) is 1. The zero-order chi connectivity index (χ0) is 11.5. The van der Waals surface area contributed by atoms with Gasteiger partial charge < -0.3 is 5.32 Å². The highest BCUT2D eigenvalue weighted by Crippen LogP contribution is 2.22. The molecule has 3 nitrogen and oxygen atoms in total. The lowest BCUT2D eigenvalue weighted by Gasteiger charge is -2.04. The van der Waals surface area contributed by atoms with Gasteiger partial charge in [0.05, 0.1) is 0 Å². The molecule has 1 heterocycles. The smallest absolute Gasteiger partial charge is 0.149 e. The van der Waals surface area contributed by atoms with E-state index in [2.05, 4.69) is 15.3 Å². The Balaban J connectivity index is 2.52. The van der Waals surface area contributed by atoms with Crippen molar-refractivity contribution in [2.24, 2.45) is 0 Å². The minimum absolute atomic E-state index is 0.286. The van der Waals surface area contributed by atoms with E-state index in [1.54, 1.807) is 12.1 Å². The topological polar surface area (TPSA) is 37.8 Å². The second kappa shape index (κ2) is 4.72. The number of para-hydroxylation sites is 1. The van der Waals surface area contributed by atoms with E-state index in [1.807, 2.05) is 7.05 Å². The van der Waals surface area contributed by atoms with E-state index >= 15 is 0 Å². The molecule has 0 saturated carbocycles. The Morgan fingerprint density at radius 2 is 2.19 bits per heavy atom. The molecule has 0 saturated heterocycles. The van der Waals surface area contributed by atoms with E-state index in [0.717, 1.165) is 6.54 Å². The summed E-state index contributed by atoms with van der Waals surface area (Å²) in [7, 11) is 1.84. The van der Waals surface area contributed by atoms with Crippen molar-refractivity contribution in [2.75, 3.05) is 13.6 Å². The molecule has 84 valence electrons. The monoisotopic (exact) mass is 239 g/mol. The Morgan fingerprint density at radius 3 is 2.94 bits per heavy atom. The molecule has 0 aliphatic carbocycles. The minimum atomic E-state index is -0.368. The molecule has 1 aromatic carbocycles. The average molecular weight is 240 g/mol. The van der Waals surface area contributed by atoms with Gasteiger partial charge in [0.1, 0.15) is 22.3 Å². The molecule has 5 heteroatoms. The van der Waals surface area contributed by atoms with Gasteiger partial charge in [0, 0.05) is 18.4 Å². The maximum absolute atomic E-state index is 13.5. The van der Waals surface area contributed by atoms with Crippen molar-refractivity contribution in [3.05, 3.63) is 35.0 Å². The maximum atomic E-state index is 13.5. The summed E-state index contributed by atoms with van der Waals surface area (Å²) in [6.45, 7) is 0.732. The normalized spacial score (nSPS) is 10.9. The predicted molar refractivity (Wildman–Crippen MR) is 62.1 cm³/mol. The van der Waals surface area contributed by atoms with Crippen LogP contribution < -0.4 is 5.32 Å². The Bertz CT molecular complexity index is 516. The molecule has 1 N–H and O–H groups in total. The number of nitrogens with one attached hydrogen (secondary N) is 1. The fraction of sp³-hybridized carbons (Fsp3) is 0.273. The second-order valence-corrected chi connectivity index (χ2v) is 3.78. The van der Waals surface area contributed by atoms with Crippen LogP contribution in [-0.4, -0.2) is 23.6 Å². The highest BCUT2D eigenvalue weighted by atomic mass is 35.5. The highest BCUT2D eigenvalue weighted by molar-refractivity contribution is 6.34. The summed E-state index contributed by atoms with van der Waals surface area (Å²) < 4.78 is 13.5. The van der Waals surface area contributed by atoms with Crippen LogP contribution in [0.25, 0.3) is 10.9 Å². The summed E-state index contributed by atoms with van der Waals surface area (Å²) in [5.41, 5.74) is 0.286. The van der Waals surface area contributed by atoms with Gasteiger partial charge in [0.2, 0.25) is 0 Å². The molecule has 0 amide bonds. The van der Waals surface area contributed by atoms with E-state index in [-0.39, 0.29) is 11.3 Å². The Kier molecular flexibility index (Phi) is 3.31. The molecule has 0 atom stereocenters. The molecule has 2 aromatic rings. The van der Waals surface area contributed by atoms with Crippen LogP contribution in [0.1, 0.15) is 5.82 Å². The van der Waals surface area contributed by atoms with Crippen LogP contribution in [0.3, 0.4) is 0 Å². The van der Waals surface area contributed by atoms with Gasteiger partial charge in [-0.1, -0.05) is 17.7 Å². The van der Waals surface area contributed by atoms with E-state index < -0.39 is 0 Å². The van der Waals surface area contributed by atoms with Crippen molar-refractivity contribution in [3.8, 4) is 0 Å². The molecule has 0 fully saturated rings. The highest BCUT2D eigenvalue weighted by Gasteiger charge is 2.08. The van der Waals surface area contributed by atoms with Crippen molar-refractivity contribution in [1.82, 2.24) is 15.3 Å². The first kappa shape index (κ1) is 11.2. The van der Waals surface area contributed by atoms with Gasteiger partial charge in [-0.15, -0.1) is 0 Å². The van der Waals surface area contributed by atoms with Crippen molar-refractivity contribution >= 4 is 22.5 Å². The molecule has 2 rings (SSSR count). The van der Waals surface area contributed by atoms with Gasteiger partial charge in [-0.05, 0) is 19.2 Å². The van der Waals surface area contributed by atoms with Crippen molar-refractivity contribution in [2.45, 2.75) is 6.42 Å². The predicted octanol–water partition coefficient (Wildman–Crippen LogP) is 2.18. The summed E-state index contributed by atoms with van der Waals surface area (Å²) >= 11 is 5.97. The Labute approximate surface area is 97.7 Å². The summed E-state index contributed by atoms with van der Waals surface area (Å²) in [6.07, 6.45) is 0.625. The van der Waals surface area contributed by atoms with Crippen molar-refractivity contribution < 1.29 is 4.39 Å². The van der Waals surface area contributed by atoms with Crippen molar-refractivity contribution in [1.29, 1.82) is 0 Å². The third-order valence-corrected chi connectivity index (χ3v) is 2.56. The van der Waals surface area contributed by atoms with Gasteiger partial charge in [0.15, 0.2) is 0 Å². The van der Waals surface area contributed by atoms with Crippen LogP contribution in [0.15, 0.2) is 18.2 Å². The van der Waals surface area contributed by atoms with Gasteiger partial charge in [-0.25, -0.2) is 14.4 Å². The number of aromatic nitrogens is 2. The molecule has 0 bridgehead atoms. The summed E-state index contributed by atoms with van der Waals surface area (Å²) in [5.74, 6) is 0.185. The number of fused-ring (bicyclic) bond motifs is 1. The number of halogens is 2. The minimum Gasteiger partial charge on any atom is -0.319 e. The quantitative estimate of drug-likeness (QED) is 0.835. The first-order valence-electron chi connectivity index (χ1n) is 4.97. The number of nitrogens with zero attached hydrogens (tertiary/aromatic N) is 2. The first-order chi connectivity index (χ1) is 7.72. The molecule has 0 spiro atoms. The number of rotatable bonds is 3. The standard InChI is InChI=1S/C11H11ClFN3/c1-14-6-5-9-15-10-7(11(12)16-9)3-2-4-8(10)13/h2-4,14H,5-6H2,1H3. The lowest BCUT2D eigenvalue weighted by molar-refractivity contribution is 0.635. The van der Waals surface area contributed by atoms with Crippen LogP contribution >= 0.6 is 11.6 Å². The fourth-order valence-electron chi connectivity index (χ4n) is 1.47. The molecule has 0 aliphatic rings. The van der Waals surface area contributed by atoms with Crippen LogP contribution in [0, 0.1) is 5.82 Å². The maximum Gasteiger partial charge on any atom is 0.149 e. The van der Waals surface area contributed by atoms with Crippen LogP contribution in [0.5, 0.6) is 0 Å². The van der Waals surface area contributed by atoms with Gasteiger partial charge >= 0.3 is 0 Å². The van der Waals surface area contributed by atoms with Gasteiger partial charge in [-0.3, -0.25) is 0 Å². The van der Waals surface area contributed by atoms with Gasteiger partial charge in [-0.2, -0.15) is 0 Å². The summed E-state index contributed by atoms with van der Waals surface area (Å²) in [4.78, 5) is 8.29. The molecule has 0 unspecified atom stereocenters. The molecular weight excluding hydrogens is 229 g/mol. The largest absolute Gasteiger partial charge is 0.319 e. The van der Waals surface area contributed by atoms with E-state index in [4.69, 9.17) is 11.6 Å². The molecule has 16 heavy (non-hydrogen) atoms. The first-order valence-corrected chi connectivity index (χ1v) is 5.35. The Morgan fingerprint density at radius 1 is 1.38 bits per heavy atom. The van der Waals surface area contributed by atoms with Gasteiger partial charge in [0.25, 0.3) is 0 Å². The second-order valence-electron chi connectivity index (χ2n) is 3.42. The van der Waals surface area contributed by atoms with Crippen molar-refractivity contribution in [3.63, 3.8) is 0 Å². The SMILES string of the molecule is CNCCc1nc(Cl)c2cccc(F)c2n1. The van der Waals surface area contributed by atoms with E-state index in [0.29, 0.717) is 22.8 Å². The van der Waals surface area contributed by atoms with E-state index in [9.17, 15) is 4.39 Å². The summed E-state index contributed by atoms with van der Waals surface area (Å²) in [6, 6.07) is 4.68. The number of hydrogen-bond donors (Lipinski definition) is 1. The molecular formula is C11H11ClFN3. The average Bonchev–Trinajstić information content (AvgIpc) is 2.28. The third-order valence-electron chi connectivity index (χ3n) is 2.28. The molecule has 0 aliphatic heterocycles. The zero-order valence-electron chi connectivity index (χ0n) is 8.80. The molecule has 1 aromatic heterocycles. The number of hydrogen-bond acceptors (Lipinski definition) is 3. The summed E-state index contributed by atoms with van der Waals surface area (Å²) in [5, 5.41) is 3.83. The van der Waals surface area contributed by atoms with Crippen LogP contribution in [0.4, 0.5) is 4.39 Å². The lowest BCUT2D eigenvalue weighted by atomic mass is 10.2. The lowest BCUT2D eigenvalue weighted by Crippen LogP contribution is -2.12. The number of benzene rings is 1. The zero-order valence-corrected chi connectivity index (χ0v) is 9.55.